The molecular formula is C18H15BrFN3O2. The molecule has 2 aromatic carbocycles. The molecule has 0 radical (unpaired) electrons. The molecule has 0 aliphatic carbocycles. The predicted molar refractivity (Wildman–Crippen MR) is 96.8 cm³/mol. The molecule has 0 unspecified atom stereocenters. The van der Waals surface area contributed by atoms with E-state index in [0.717, 1.165) is 4.47 Å². The minimum absolute atomic E-state index is 0.297. The normalized spacial score (nSPS) is 10.5. The molecule has 0 fully saturated rings. The number of hydrogen-bond donors (Lipinski definition) is 2. The first kappa shape index (κ1) is 17.2. The molecule has 0 saturated heterocycles. The topological polar surface area (TPSA) is 67.2 Å². The maximum Gasteiger partial charge on any atom is 0.319 e. The van der Waals surface area contributed by atoms with E-state index in [1.54, 1.807) is 18.2 Å². The molecule has 0 atom stereocenters. The molecule has 25 heavy (non-hydrogen) atoms. The highest BCUT2D eigenvalue weighted by atomic mass is 79.9. The zero-order valence-electron chi connectivity index (χ0n) is 13.1. The number of nitrogens with zero attached hydrogens (tertiary/aromatic N) is 1. The lowest BCUT2D eigenvalue weighted by molar-refractivity contribution is 0.252. The molecule has 128 valence electrons. The van der Waals surface area contributed by atoms with Gasteiger partial charge in [0.2, 0.25) is 5.89 Å². The lowest BCUT2D eigenvalue weighted by atomic mass is 10.2. The number of rotatable bonds is 5. The van der Waals surface area contributed by atoms with Crippen LogP contribution in [-0.2, 0) is 6.42 Å². The van der Waals surface area contributed by atoms with Gasteiger partial charge in [0.05, 0.1) is 11.4 Å². The Morgan fingerprint density at radius 2 is 1.92 bits per heavy atom. The molecule has 2 N–H and O–H groups in total. The summed E-state index contributed by atoms with van der Waals surface area (Å²) in [6.45, 7) is 0.408. The largest absolute Gasteiger partial charge is 0.444 e. The van der Waals surface area contributed by atoms with Crippen molar-refractivity contribution in [3.05, 3.63) is 70.8 Å². The Morgan fingerprint density at radius 1 is 1.16 bits per heavy atom. The van der Waals surface area contributed by atoms with Crippen molar-refractivity contribution in [1.82, 2.24) is 10.3 Å². The maximum atomic E-state index is 12.9. The minimum atomic E-state index is -0.309. The smallest absolute Gasteiger partial charge is 0.319 e. The third-order valence-corrected chi connectivity index (χ3v) is 4.12. The fourth-order valence-corrected chi connectivity index (χ4v) is 2.56. The van der Waals surface area contributed by atoms with Crippen molar-refractivity contribution in [3.63, 3.8) is 0 Å². The van der Waals surface area contributed by atoms with Gasteiger partial charge in [-0.1, -0.05) is 12.1 Å². The molecule has 3 rings (SSSR count). The van der Waals surface area contributed by atoms with E-state index in [4.69, 9.17) is 4.42 Å². The number of urea groups is 1. The monoisotopic (exact) mass is 403 g/mol. The van der Waals surface area contributed by atoms with Gasteiger partial charge in [0.15, 0.2) is 0 Å². The number of para-hydroxylation sites is 1. The maximum absolute atomic E-state index is 12.9. The van der Waals surface area contributed by atoms with Crippen LogP contribution in [0.1, 0.15) is 5.69 Å². The van der Waals surface area contributed by atoms with E-state index in [2.05, 4.69) is 31.5 Å². The van der Waals surface area contributed by atoms with E-state index in [1.165, 1.54) is 18.4 Å². The zero-order chi connectivity index (χ0) is 17.6. The summed E-state index contributed by atoms with van der Waals surface area (Å²) >= 11 is 3.37. The average Bonchev–Trinajstić information content (AvgIpc) is 3.06. The quantitative estimate of drug-likeness (QED) is 0.653. The summed E-state index contributed by atoms with van der Waals surface area (Å²) in [5.41, 5.74) is 2.10. The van der Waals surface area contributed by atoms with Crippen LogP contribution in [-0.4, -0.2) is 17.6 Å². The van der Waals surface area contributed by atoms with Crippen LogP contribution in [0.15, 0.2) is 63.7 Å². The molecule has 0 bridgehead atoms. The van der Waals surface area contributed by atoms with Crippen LogP contribution in [0.5, 0.6) is 0 Å². The van der Waals surface area contributed by atoms with Crippen molar-refractivity contribution in [2.75, 3.05) is 11.9 Å². The lowest BCUT2D eigenvalue weighted by Gasteiger charge is -2.08. The van der Waals surface area contributed by atoms with Crippen LogP contribution in [0.4, 0.5) is 14.9 Å². The second-order valence-electron chi connectivity index (χ2n) is 5.26. The van der Waals surface area contributed by atoms with E-state index in [1.807, 2.05) is 18.2 Å². The van der Waals surface area contributed by atoms with Gasteiger partial charge in [-0.25, -0.2) is 14.2 Å². The highest BCUT2D eigenvalue weighted by Crippen LogP contribution is 2.21. The number of hydrogen-bond acceptors (Lipinski definition) is 3. The highest BCUT2D eigenvalue weighted by Gasteiger charge is 2.08. The van der Waals surface area contributed by atoms with Gasteiger partial charge in [0, 0.05) is 23.0 Å². The summed E-state index contributed by atoms with van der Waals surface area (Å²) in [4.78, 5) is 16.2. The van der Waals surface area contributed by atoms with Gasteiger partial charge in [0.25, 0.3) is 0 Å². The Labute approximate surface area is 152 Å². The summed E-state index contributed by atoms with van der Waals surface area (Å²) in [7, 11) is 0. The predicted octanol–water partition coefficient (Wildman–Crippen LogP) is 4.61. The number of amides is 2. The SMILES string of the molecule is O=C(NCCc1coc(-c2ccc(F)cc2)n1)Nc1ccccc1Br. The van der Waals surface area contributed by atoms with Gasteiger partial charge >= 0.3 is 6.03 Å². The first-order chi connectivity index (χ1) is 12.1. The highest BCUT2D eigenvalue weighted by molar-refractivity contribution is 9.10. The van der Waals surface area contributed by atoms with Gasteiger partial charge in [-0.15, -0.1) is 0 Å². The molecular weight excluding hydrogens is 389 g/mol. The molecule has 7 heteroatoms. The van der Waals surface area contributed by atoms with Crippen molar-refractivity contribution in [2.24, 2.45) is 0 Å². The summed E-state index contributed by atoms with van der Waals surface area (Å²) in [5, 5.41) is 5.52. The third kappa shape index (κ3) is 4.67. The van der Waals surface area contributed by atoms with Crippen molar-refractivity contribution in [1.29, 1.82) is 0 Å². The number of carbonyl (C=O) groups is 1. The second-order valence-corrected chi connectivity index (χ2v) is 6.12. The van der Waals surface area contributed by atoms with Crippen LogP contribution in [0.25, 0.3) is 11.5 Å². The Hall–Kier alpha value is -2.67. The molecule has 0 spiro atoms. The molecule has 0 saturated carbocycles. The van der Waals surface area contributed by atoms with Gasteiger partial charge in [-0.3, -0.25) is 0 Å². The Balaban J connectivity index is 1.50. The van der Waals surface area contributed by atoms with Crippen LogP contribution in [0.3, 0.4) is 0 Å². The number of benzene rings is 2. The number of aromatic nitrogens is 1. The molecule has 2 amide bonds. The van der Waals surface area contributed by atoms with Crippen molar-refractivity contribution in [3.8, 4) is 11.5 Å². The van der Waals surface area contributed by atoms with Crippen LogP contribution >= 0.6 is 15.9 Å². The number of carbonyl (C=O) groups excluding carboxylic acids is 1. The number of oxazole rings is 1. The first-order valence-corrected chi connectivity index (χ1v) is 8.41. The number of nitrogens with one attached hydrogen (secondary N) is 2. The number of anilines is 1. The molecule has 3 aromatic rings. The van der Waals surface area contributed by atoms with E-state index < -0.39 is 0 Å². The van der Waals surface area contributed by atoms with Crippen molar-refractivity contribution < 1.29 is 13.6 Å². The van der Waals surface area contributed by atoms with Crippen molar-refractivity contribution >= 4 is 27.6 Å². The number of halogens is 2. The van der Waals surface area contributed by atoms with Gasteiger partial charge in [-0.05, 0) is 52.3 Å². The van der Waals surface area contributed by atoms with E-state index in [0.29, 0.717) is 35.8 Å². The zero-order valence-corrected chi connectivity index (χ0v) is 14.7. The van der Waals surface area contributed by atoms with Crippen molar-refractivity contribution in [2.45, 2.75) is 6.42 Å². The van der Waals surface area contributed by atoms with E-state index in [-0.39, 0.29) is 11.8 Å². The van der Waals surface area contributed by atoms with Crippen LogP contribution < -0.4 is 10.6 Å². The third-order valence-electron chi connectivity index (χ3n) is 3.43. The second kappa shape index (κ2) is 7.94. The molecule has 0 aliphatic heterocycles. The van der Waals surface area contributed by atoms with E-state index in [9.17, 15) is 9.18 Å². The summed E-state index contributed by atoms with van der Waals surface area (Å²) in [6.07, 6.45) is 2.06. The molecule has 1 heterocycles. The molecule has 5 nitrogen and oxygen atoms in total. The Kier molecular flexibility index (Phi) is 5.45. The van der Waals surface area contributed by atoms with Gasteiger partial charge in [0.1, 0.15) is 12.1 Å². The van der Waals surface area contributed by atoms with Crippen LogP contribution in [0.2, 0.25) is 0 Å². The molecule has 1 aromatic heterocycles. The summed E-state index contributed by atoms with van der Waals surface area (Å²) < 4.78 is 19.1. The van der Waals surface area contributed by atoms with Gasteiger partial charge < -0.3 is 15.1 Å². The average molecular weight is 404 g/mol. The first-order valence-electron chi connectivity index (χ1n) is 7.61. The lowest BCUT2D eigenvalue weighted by Crippen LogP contribution is -2.30. The van der Waals surface area contributed by atoms with Crippen LogP contribution in [0, 0.1) is 5.82 Å². The molecule has 0 aliphatic rings. The Morgan fingerprint density at radius 3 is 2.68 bits per heavy atom. The fraction of sp³-hybridized carbons (Fsp3) is 0.111. The van der Waals surface area contributed by atoms with E-state index >= 15 is 0 Å². The Bertz CT molecular complexity index is 865. The fourth-order valence-electron chi connectivity index (χ4n) is 2.18. The van der Waals surface area contributed by atoms with Gasteiger partial charge in [-0.2, -0.15) is 0 Å². The standard InChI is InChI=1S/C18H15BrFN3O2/c19-15-3-1-2-4-16(15)23-18(24)21-10-9-14-11-25-17(22-14)12-5-7-13(20)8-6-12/h1-8,11H,9-10H2,(H2,21,23,24). The summed E-state index contributed by atoms with van der Waals surface area (Å²) in [5.74, 6) is 0.114. The summed E-state index contributed by atoms with van der Waals surface area (Å²) in [6, 6.07) is 13.0. The minimum Gasteiger partial charge on any atom is -0.444 e.